The van der Waals surface area contributed by atoms with Crippen LogP contribution in [-0.4, -0.2) is 29.2 Å². The summed E-state index contributed by atoms with van der Waals surface area (Å²) in [6, 6.07) is 13.9. The maximum atomic E-state index is 13.1. The van der Waals surface area contributed by atoms with Crippen LogP contribution >= 0.6 is 11.6 Å². The Balaban J connectivity index is 2.01. The highest BCUT2D eigenvalue weighted by atomic mass is 35.5. The molecule has 0 spiro atoms. The predicted octanol–water partition coefficient (Wildman–Crippen LogP) is 4.58. The Morgan fingerprint density at radius 3 is 2.35 bits per heavy atom. The number of rotatable bonds is 4. The number of aromatic nitrogens is 1. The molecule has 5 nitrogen and oxygen atoms in total. The van der Waals surface area contributed by atoms with E-state index in [1.165, 1.54) is 17.9 Å². The van der Waals surface area contributed by atoms with Crippen LogP contribution in [0.3, 0.4) is 0 Å². The SMILES string of the molecule is COC(=O)c1cn(C(=O)C(C)(C)Oc2ccc(Cl)cc2)c2ccccc12. The summed E-state index contributed by atoms with van der Waals surface area (Å²) in [5, 5.41) is 1.23. The Morgan fingerprint density at radius 2 is 1.69 bits per heavy atom. The number of halogens is 1. The van der Waals surface area contributed by atoms with Gasteiger partial charge in [-0.25, -0.2) is 4.79 Å². The van der Waals surface area contributed by atoms with Gasteiger partial charge in [-0.3, -0.25) is 9.36 Å². The zero-order valence-electron chi connectivity index (χ0n) is 14.7. The van der Waals surface area contributed by atoms with E-state index in [1.54, 1.807) is 62.4 Å². The number of para-hydroxylation sites is 1. The standard InChI is InChI=1S/C20H18ClNO4/c1-20(2,26-14-10-8-13(21)9-11-14)19(24)22-12-16(18(23)25-3)15-6-4-5-7-17(15)22/h4-12H,1-3H3. The fourth-order valence-corrected chi connectivity index (χ4v) is 2.88. The molecular weight excluding hydrogens is 354 g/mol. The Kier molecular flexibility index (Phi) is 4.74. The third-order valence-electron chi connectivity index (χ3n) is 4.04. The number of carbonyl (C=O) groups is 2. The molecule has 0 atom stereocenters. The molecule has 0 aliphatic rings. The van der Waals surface area contributed by atoms with Crippen LogP contribution in [0.1, 0.15) is 29.0 Å². The monoisotopic (exact) mass is 371 g/mol. The van der Waals surface area contributed by atoms with Crippen molar-refractivity contribution in [3.63, 3.8) is 0 Å². The summed E-state index contributed by atoms with van der Waals surface area (Å²) in [5.41, 5.74) is -0.215. The molecule has 3 aromatic rings. The van der Waals surface area contributed by atoms with Gasteiger partial charge in [0.1, 0.15) is 5.75 Å². The summed E-state index contributed by atoms with van der Waals surface area (Å²) < 4.78 is 12.1. The lowest BCUT2D eigenvalue weighted by Gasteiger charge is -2.25. The van der Waals surface area contributed by atoms with E-state index in [0.717, 1.165) is 0 Å². The highest BCUT2D eigenvalue weighted by Gasteiger charge is 2.33. The van der Waals surface area contributed by atoms with Crippen molar-refractivity contribution in [2.75, 3.05) is 7.11 Å². The molecule has 0 unspecified atom stereocenters. The molecule has 0 bridgehead atoms. The minimum absolute atomic E-state index is 0.307. The molecule has 0 N–H and O–H groups in total. The third-order valence-corrected chi connectivity index (χ3v) is 4.29. The summed E-state index contributed by atoms with van der Waals surface area (Å²) in [6.45, 7) is 3.35. The van der Waals surface area contributed by atoms with E-state index < -0.39 is 11.6 Å². The van der Waals surface area contributed by atoms with Crippen LogP contribution in [0.5, 0.6) is 5.75 Å². The van der Waals surface area contributed by atoms with Gasteiger partial charge < -0.3 is 9.47 Å². The van der Waals surface area contributed by atoms with Crippen molar-refractivity contribution >= 4 is 34.4 Å². The van der Waals surface area contributed by atoms with Gasteiger partial charge in [-0.05, 0) is 44.2 Å². The third kappa shape index (κ3) is 3.30. The van der Waals surface area contributed by atoms with Crippen LogP contribution in [0, 0.1) is 0 Å². The number of hydrogen-bond donors (Lipinski definition) is 0. The van der Waals surface area contributed by atoms with Gasteiger partial charge in [0.25, 0.3) is 5.91 Å². The molecule has 26 heavy (non-hydrogen) atoms. The summed E-state index contributed by atoms with van der Waals surface area (Å²) in [4.78, 5) is 25.2. The molecular formula is C20H18ClNO4. The highest BCUT2D eigenvalue weighted by Crippen LogP contribution is 2.26. The van der Waals surface area contributed by atoms with Crippen LogP contribution in [0.4, 0.5) is 0 Å². The van der Waals surface area contributed by atoms with Crippen LogP contribution in [0.2, 0.25) is 5.02 Å². The highest BCUT2D eigenvalue weighted by molar-refractivity contribution is 6.30. The topological polar surface area (TPSA) is 57.5 Å². The van der Waals surface area contributed by atoms with Crippen molar-refractivity contribution in [1.82, 2.24) is 4.57 Å². The van der Waals surface area contributed by atoms with E-state index >= 15 is 0 Å². The van der Waals surface area contributed by atoms with Gasteiger partial charge >= 0.3 is 5.97 Å². The Labute approximate surface area is 156 Å². The van der Waals surface area contributed by atoms with Gasteiger partial charge in [-0.15, -0.1) is 0 Å². The number of ether oxygens (including phenoxy) is 2. The van der Waals surface area contributed by atoms with Crippen molar-refractivity contribution in [3.05, 3.63) is 65.3 Å². The van der Waals surface area contributed by atoms with Gasteiger partial charge in [0, 0.05) is 16.6 Å². The quantitative estimate of drug-likeness (QED) is 0.630. The van der Waals surface area contributed by atoms with Gasteiger partial charge in [-0.2, -0.15) is 0 Å². The van der Waals surface area contributed by atoms with E-state index in [2.05, 4.69) is 0 Å². The van der Waals surface area contributed by atoms with E-state index in [0.29, 0.717) is 27.2 Å². The second-order valence-corrected chi connectivity index (χ2v) is 6.73. The number of esters is 1. The Morgan fingerprint density at radius 1 is 1.04 bits per heavy atom. The molecule has 2 aromatic carbocycles. The van der Waals surface area contributed by atoms with Crippen molar-refractivity contribution in [1.29, 1.82) is 0 Å². The van der Waals surface area contributed by atoms with E-state index in [-0.39, 0.29) is 5.91 Å². The zero-order valence-corrected chi connectivity index (χ0v) is 15.4. The lowest BCUT2D eigenvalue weighted by molar-refractivity contribution is 0.0493. The minimum Gasteiger partial charge on any atom is -0.478 e. The van der Waals surface area contributed by atoms with E-state index in [1.807, 2.05) is 0 Å². The second kappa shape index (κ2) is 6.84. The molecule has 3 rings (SSSR count). The number of carbonyl (C=O) groups excluding carboxylic acids is 2. The molecule has 0 aliphatic heterocycles. The smallest absolute Gasteiger partial charge is 0.340 e. The first-order valence-corrected chi connectivity index (χ1v) is 8.39. The zero-order chi connectivity index (χ0) is 18.9. The molecule has 0 fully saturated rings. The summed E-state index contributed by atoms with van der Waals surface area (Å²) in [7, 11) is 1.31. The van der Waals surface area contributed by atoms with Crippen molar-refractivity contribution in [3.8, 4) is 5.75 Å². The molecule has 0 saturated heterocycles. The first kappa shape index (κ1) is 18.0. The molecule has 1 heterocycles. The fraction of sp³-hybridized carbons (Fsp3) is 0.200. The fourth-order valence-electron chi connectivity index (χ4n) is 2.75. The second-order valence-electron chi connectivity index (χ2n) is 6.29. The predicted molar refractivity (Wildman–Crippen MR) is 100 cm³/mol. The number of fused-ring (bicyclic) bond motifs is 1. The van der Waals surface area contributed by atoms with Gasteiger partial charge in [0.15, 0.2) is 5.60 Å². The number of hydrogen-bond acceptors (Lipinski definition) is 4. The van der Waals surface area contributed by atoms with Crippen LogP contribution in [0.25, 0.3) is 10.9 Å². The van der Waals surface area contributed by atoms with Crippen molar-refractivity contribution in [2.24, 2.45) is 0 Å². The lowest BCUT2D eigenvalue weighted by Crippen LogP contribution is -2.41. The lowest BCUT2D eigenvalue weighted by atomic mass is 10.1. The molecule has 0 saturated carbocycles. The molecule has 0 amide bonds. The number of nitrogens with zero attached hydrogens (tertiary/aromatic N) is 1. The Hall–Kier alpha value is -2.79. The Bertz CT molecular complexity index is 973. The average molecular weight is 372 g/mol. The summed E-state index contributed by atoms with van der Waals surface area (Å²) in [5.74, 6) is -0.277. The largest absolute Gasteiger partial charge is 0.478 e. The van der Waals surface area contributed by atoms with E-state index in [9.17, 15) is 9.59 Å². The molecule has 0 aliphatic carbocycles. The van der Waals surface area contributed by atoms with Gasteiger partial charge in [-0.1, -0.05) is 29.8 Å². The maximum Gasteiger partial charge on any atom is 0.340 e. The van der Waals surface area contributed by atoms with Crippen LogP contribution < -0.4 is 4.74 Å². The molecule has 134 valence electrons. The van der Waals surface area contributed by atoms with E-state index in [4.69, 9.17) is 21.1 Å². The molecule has 6 heteroatoms. The number of methoxy groups -OCH3 is 1. The van der Waals surface area contributed by atoms with Gasteiger partial charge in [0.05, 0.1) is 18.2 Å². The summed E-state index contributed by atoms with van der Waals surface area (Å²) in [6.07, 6.45) is 1.49. The normalized spacial score (nSPS) is 11.4. The van der Waals surface area contributed by atoms with Crippen molar-refractivity contribution in [2.45, 2.75) is 19.4 Å². The van der Waals surface area contributed by atoms with Crippen LogP contribution in [-0.2, 0) is 4.74 Å². The van der Waals surface area contributed by atoms with Crippen LogP contribution in [0.15, 0.2) is 54.7 Å². The maximum absolute atomic E-state index is 13.1. The summed E-state index contributed by atoms with van der Waals surface area (Å²) >= 11 is 5.88. The minimum atomic E-state index is -1.16. The first-order chi connectivity index (χ1) is 12.3. The van der Waals surface area contributed by atoms with Gasteiger partial charge in [0.2, 0.25) is 0 Å². The average Bonchev–Trinajstić information content (AvgIpc) is 3.01. The molecule has 0 radical (unpaired) electrons. The van der Waals surface area contributed by atoms with Crippen molar-refractivity contribution < 1.29 is 19.1 Å². The number of benzene rings is 2. The molecule has 1 aromatic heterocycles. The first-order valence-electron chi connectivity index (χ1n) is 8.01.